The Bertz CT molecular complexity index is 613. The van der Waals surface area contributed by atoms with Gasteiger partial charge in [0.25, 0.3) is 5.91 Å². The summed E-state index contributed by atoms with van der Waals surface area (Å²) >= 11 is 0. The molecule has 0 unspecified atom stereocenters. The average Bonchev–Trinajstić information content (AvgIpc) is 2.54. The largest absolute Gasteiger partial charge is 0.489 e. The van der Waals surface area contributed by atoms with Crippen molar-refractivity contribution in [1.29, 1.82) is 0 Å². The Balaban J connectivity index is 0.00000264. The van der Waals surface area contributed by atoms with Gasteiger partial charge in [-0.25, -0.2) is 0 Å². The first-order valence-corrected chi connectivity index (χ1v) is 7.29. The fraction of sp³-hybridized carbons (Fsp3) is 0.278. The summed E-state index contributed by atoms with van der Waals surface area (Å²) in [6.45, 7) is 4.65. The van der Waals surface area contributed by atoms with E-state index in [2.05, 4.69) is 5.32 Å². The maximum Gasteiger partial charge on any atom is 0.251 e. The molecule has 1 amide bonds. The Morgan fingerprint density at radius 2 is 1.70 bits per heavy atom. The van der Waals surface area contributed by atoms with E-state index < -0.39 is 5.54 Å². The Morgan fingerprint density at radius 1 is 1.09 bits per heavy atom. The van der Waals surface area contributed by atoms with E-state index in [4.69, 9.17) is 10.5 Å². The van der Waals surface area contributed by atoms with Gasteiger partial charge in [0.05, 0.1) is 0 Å². The third-order valence-electron chi connectivity index (χ3n) is 3.33. The first kappa shape index (κ1) is 19.0. The van der Waals surface area contributed by atoms with Gasteiger partial charge in [-0.05, 0) is 43.7 Å². The molecule has 0 radical (unpaired) electrons. The molecule has 124 valence electrons. The molecule has 23 heavy (non-hydrogen) atoms. The van der Waals surface area contributed by atoms with Gasteiger partial charge < -0.3 is 15.8 Å². The molecule has 2 rings (SSSR count). The number of amides is 1. The van der Waals surface area contributed by atoms with Crippen molar-refractivity contribution in [1.82, 2.24) is 5.32 Å². The highest BCUT2D eigenvalue weighted by Gasteiger charge is 2.18. The summed E-state index contributed by atoms with van der Waals surface area (Å²) in [6.07, 6.45) is 0. The number of carbonyl (C=O) groups is 1. The first-order valence-electron chi connectivity index (χ1n) is 7.29. The van der Waals surface area contributed by atoms with E-state index in [1.54, 1.807) is 12.1 Å². The zero-order valence-electron chi connectivity index (χ0n) is 13.4. The normalized spacial score (nSPS) is 10.6. The zero-order chi connectivity index (χ0) is 16.0. The number of ether oxygens (including phenoxy) is 1. The van der Waals surface area contributed by atoms with Crippen LogP contribution in [0.15, 0.2) is 54.6 Å². The summed E-state index contributed by atoms with van der Waals surface area (Å²) in [5, 5.41) is 2.90. The second kappa shape index (κ2) is 8.56. The van der Waals surface area contributed by atoms with Gasteiger partial charge in [0.15, 0.2) is 0 Å². The van der Waals surface area contributed by atoms with Crippen molar-refractivity contribution < 1.29 is 9.53 Å². The Kier molecular flexibility index (Phi) is 7.07. The van der Waals surface area contributed by atoms with Crippen molar-refractivity contribution in [2.45, 2.75) is 26.0 Å². The lowest BCUT2D eigenvalue weighted by Gasteiger charge is -2.24. The van der Waals surface area contributed by atoms with Gasteiger partial charge in [-0.1, -0.05) is 30.3 Å². The van der Waals surface area contributed by atoms with Crippen LogP contribution in [0.3, 0.4) is 0 Å². The number of carbonyl (C=O) groups excluding carboxylic acids is 1. The SMILES string of the molecule is CC(C)(CN)NC(=O)c1ccc(COc2ccccc2)cc1.Cl. The van der Waals surface area contributed by atoms with Gasteiger partial charge in [0, 0.05) is 17.6 Å². The lowest BCUT2D eigenvalue weighted by molar-refractivity contribution is 0.0915. The van der Waals surface area contributed by atoms with Gasteiger partial charge in [-0.2, -0.15) is 0 Å². The predicted molar refractivity (Wildman–Crippen MR) is 95.1 cm³/mol. The Hall–Kier alpha value is -2.04. The molecule has 0 aliphatic heterocycles. The summed E-state index contributed by atoms with van der Waals surface area (Å²) < 4.78 is 5.67. The molecule has 0 saturated heterocycles. The minimum Gasteiger partial charge on any atom is -0.489 e. The molecule has 0 atom stereocenters. The zero-order valence-corrected chi connectivity index (χ0v) is 14.2. The van der Waals surface area contributed by atoms with Crippen LogP contribution in [0.1, 0.15) is 29.8 Å². The van der Waals surface area contributed by atoms with E-state index in [9.17, 15) is 4.79 Å². The number of halogens is 1. The molecule has 3 N–H and O–H groups in total. The van der Waals surface area contributed by atoms with E-state index in [-0.39, 0.29) is 18.3 Å². The number of para-hydroxylation sites is 1. The standard InChI is InChI=1S/C18H22N2O2.ClH/c1-18(2,13-19)20-17(21)15-10-8-14(9-11-15)12-22-16-6-4-3-5-7-16;/h3-11H,12-13,19H2,1-2H3,(H,20,21);1H. The van der Waals surface area contributed by atoms with Crippen LogP contribution in [-0.2, 0) is 6.61 Å². The molecule has 0 fully saturated rings. The average molecular weight is 335 g/mol. The quantitative estimate of drug-likeness (QED) is 0.853. The van der Waals surface area contributed by atoms with Crippen LogP contribution in [0.5, 0.6) is 5.75 Å². The second-order valence-corrected chi connectivity index (χ2v) is 5.84. The van der Waals surface area contributed by atoms with Crippen molar-refractivity contribution in [3.8, 4) is 5.75 Å². The minimum atomic E-state index is -0.411. The molecular weight excluding hydrogens is 312 g/mol. The lowest BCUT2D eigenvalue weighted by Crippen LogP contribution is -2.48. The second-order valence-electron chi connectivity index (χ2n) is 5.84. The van der Waals surface area contributed by atoms with Crippen LogP contribution < -0.4 is 15.8 Å². The van der Waals surface area contributed by atoms with Crippen LogP contribution >= 0.6 is 12.4 Å². The van der Waals surface area contributed by atoms with Crippen LogP contribution in [0.25, 0.3) is 0 Å². The van der Waals surface area contributed by atoms with E-state index in [1.165, 1.54) is 0 Å². The Labute approximate surface area is 143 Å². The summed E-state index contributed by atoms with van der Waals surface area (Å²) in [4.78, 5) is 12.1. The molecule has 0 aliphatic carbocycles. The van der Waals surface area contributed by atoms with Gasteiger partial charge in [-0.3, -0.25) is 4.79 Å². The van der Waals surface area contributed by atoms with Crippen LogP contribution in [0.2, 0.25) is 0 Å². The summed E-state index contributed by atoms with van der Waals surface area (Å²) in [5.74, 6) is 0.708. The maximum atomic E-state index is 12.1. The number of nitrogens with two attached hydrogens (primary N) is 1. The lowest BCUT2D eigenvalue weighted by atomic mass is 10.0. The molecule has 0 aliphatic rings. The first-order chi connectivity index (χ1) is 10.5. The Morgan fingerprint density at radius 3 is 2.26 bits per heavy atom. The number of benzene rings is 2. The number of nitrogens with one attached hydrogen (secondary N) is 1. The van der Waals surface area contributed by atoms with Crippen LogP contribution in [-0.4, -0.2) is 18.0 Å². The van der Waals surface area contributed by atoms with Crippen LogP contribution in [0, 0.1) is 0 Å². The van der Waals surface area contributed by atoms with E-state index in [0.29, 0.717) is 18.7 Å². The van der Waals surface area contributed by atoms with Crippen molar-refractivity contribution in [3.63, 3.8) is 0 Å². The van der Waals surface area contributed by atoms with E-state index >= 15 is 0 Å². The molecule has 5 heteroatoms. The smallest absolute Gasteiger partial charge is 0.251 e. The predicted octanol–water partition coefficient (Wildman–Crippen LogP) is 3.15. The molecule has 4 nitrogen and oxygen atoms in total. The monoisotopic (exact) mass is 334 g/mol. The van der Waals surface area contributed by atoms with E-state index in [0.717, 1.165) is 11.3 Å². The van der Waals surface area contributed by atoms with Gasteiger partial charge in [0.2, 0.25) is 0 Å². The maximum absolute atomic E-state index is 12.1. The van der Waals surface area contributed by atoms with Crippen LogP contribution in [0.4, 0.5) is 0 Å². The van der Waals surface area contributed by atoms with Gasteiger partial charge >= 0.3 is 0 Å². The third kappa shape index (κ3) is 5.93. The highest BCUT2D eigenvalue weighted by Crippen LogP contribution is 2.12. The van der Waals surface area contributed by atoms with Gasteiger partial charge in [0.1, 0.15) is 12.4 Å². The highest BCUT2D eigenvalue weighted by atomic mass is 35.5. The van der Waals surface area contributed by atoms with Crippen molar-refractivity contribution in [3.05, 3.63) is 65.7 Å². The number of hydrogen-bond acceptors (Lipinski definition) is 3. The van der Waals surface area contributed by atoms with Gasteiger partial charge in [-0.15, -0.1) is 12.4 Å². The number of hydrogen-bond donors (Lipinski definition) is 2. The fourth-order valence-corrected chi connectivity index (χ4v) is 1.87. The van der Waals surface area contributed by atoms with E-state index in [1.807, 2.05) is 56.3 Å². The number of rotatable bonds is 6. The molecule has 2 aromatic rings. The molecule has 0 spiro atoms. The molecule has 0 heterocycles. The molecule has 0 bridgehead atoms. The summed E-state index contributed by atoms with van der Waals surface area (Å²) in [6, 6.07) is 17.0. The minimum absolute atomic E-state index is 0. The third-order valence-corrected chi connectivity index (χ3v) is 3.33. The molecule has 0 saturated carbocycles. The molecule has 0 aromatic heterocycles. The fourth-order valence-electron chi connectivity index (χ4n) is 1.87. The highest BCUT2D eigenvalue weighted by molar-refractivity contribution is 5.94. The topological polar surface area (TPSA) is 64.3 Å². The van der Waals surface area contributed by atoms with Crippen molar-refractivity contribution >= 4 is 18.3 Å². The van der Waals surface area contributed by atoms with Crippen molar-refractivity contribution in [2.24, 2.45) is 5.73 Å². The van der Waals surface area contributed by atoms with Crippen molar-refractivity contribution in [2.75, 3.05) is 6.54 Å². The molecule has 2 aromatic carbocycles. The summed E-state index contributed by atoms with van der Waals surface area (Å²) in [5.41, 5.74) is 6.84. The summed E-state index contributed by atoms with van der Waals surface area (Å²) in [7, 11) is 0. The molecular formula is C18H23ClN2O2.